The lowest BCUT2D eigenvalue weighted by molar-refractivity contribution is -0.118. The summed E-state index contributed by atoms with van der Waals surface area (Å²) < 4.78 is 5.34. The summed E-state index contributed by atoms with van der Waals surface area (Å²) in [6.45, 7) is 4.16. The maximum Gasteiger partial charge on any atom is 0.262 e. The van der Waals surface area contributed by atoms with Crippen LogP contribution < -0.4 is 15.4 Å². The normalized spacial score (nSPS) is 13.0. The number of hydrogen-bond donors (Lipinski definition) is 2. The second-order valence-corrected chi connectivity index (χ2v) is 6.99. The van der Waals surface area contributed by atoms with E-state index in [1.165, 1.54) is 15.3 Å². The Morgan fingerprint density at radius 2 is 2.17 bits per heavy atom. The van der Waals surface area contributed by atoms with Crippen LogP contribution in [0.25, 0.3) is 0 Å². The van der Waals surface area contributed by atoms with E-state index in [4.69, 9.17) is 4.74 Å². The van der Waals surface area contributed by atoms with Crippen LogP contribution in [0.15, 0.2) is 24.3 Å². The number of ether oxygens (including phenoxy) is 1. The fourth-order valence-electron chi connectivity index (χ4n) is 2.56. The van der Waals surface area contributed by atoms with Crippen LogP contribution in [0.2, 0.25) is 0 Å². The molecule has 1 aromatic carbocycles. The van der Waals surface area contributed by atoms with Gasteiger partial charge in [-0.05, 0) is 44.0 Å². The van der Waals surface area contributed by atoms with Crippen LogP contribution in [0.3, 0.4) is 0 Å². The van der Waals surface area contributed by atoms with E-state index in [1.807, 2.05) is 0 Å². The molecular formula is C17H18N2O3S. The molecule has 2 amide bonds. The number of fused-ring (bicyclic) bond motifs is 1. The number of amides is 2. The molecule has 0 spiro atoms. The third kappa shape index (κ3) is 3.71. The van der Waals surface area contributed by atoms with E-state index in [2.05, 4.69) is 30.5 Å². The van der Waals surface area contributed by atoms with Crippen molar-refractivity contribution in [2.75, 3.05) is 17.2 Å². The van der Waals surface area contributed by atoms with Crippen LogP contribution in [-0.4, -0.2) is 18.4 Å². The van der Waals surface area contributed by atoms with Crippen molar-refractivity contribution in [3.8, 4) is 5.75 Å². The Morgan fingerprint density at radius 3 is 2.91 bits per heavy atom. The standard InChI is InChI=1S/C17H18N2O3S/c1-10-7-12(11(2)23-10)3-6-16(20)18-13-4-5-14-15(8-13)22-9-17(21)19-14/h4-5,7-8H,3,6,9H2,1-2H3,(H,18,20)(H,19,21). The third-order valence-electron chi connectivity index (χ3n) is 3.66. The number of aryl methyl sites for hydroxylation is 3. The molecule has 2 N–H and O–H groups in total. The smallest absolute Gasteiger partial charge is 0.262 e. The quantitative estimate of drug-likeness (QED) is 0.904. The van der Waals surface area contributed by atoms with Crippen molar-refractivity contribution in [3.63, 3.8) is 0 Å². The number of anilines is 2. The number of hydrogen-bond acceptors (Lipinski definition) is 4. The molecule has 0 bridgehead atoms. The van der Waals surface area contributed by atoms with E-state index in [-0.39, 0.29) is 18.4 Å². The van der Waals surface area contributed by atoms with Gasteiger partial charge in [0.05, 0.1) is 5.69 Å². The van der Waals surface area contributed by atoms with Crippen molar-refractivity contribution in [3.05, 3.63) is 39.6 Å². The molecule has 0 saturated heterocycles. The number of carbonyl (C=O) groups excluding carboxylic acids is 2. The van der Waals surface area contributed by atoms with E-state index in [0.29, 0.717) is 23.5 Å². The van der Waals surface area contributed by atoms with Gasteiger partial charge in [-0.15, -0.1) is 11.3 Å². The van der Waals surface area contributed by atoms with E-state index in [1.54, 1.807) is 29.5 Å². The highest BCUT2D eigenvalue weighted by Gasteiger charge is 2.16. The molecule has 0 radical (unpaired) electrons. The second-order valence-electron chi connectivity index (χ2n) is 5.53. The Bertz CT molecular complexity index is 767. The molecule has 3 rings (SSSR count). The molecule has 0 saturated carbocycles. The summed E-state index contributed by atoms with van der Waals surface area (Å²) in [5.41, 5.74) is 2.53. The molecule has 0 fully saturated rings. The first kappa shape index (κ1) is 15.6. The average molecular weight is 330 g/mol. The second kappa shape index (κ2) is 6.42. The largest absolute Gasteiger partial charge is 0.482 e. The average Bonchev–Trinajstić information content (AvgIpc) is 2.83. The summed E-state index contributed by atoms with van der Waals surface area (Å²) in [6, 6.07) is 7.36. The van der Waals surface area contributed by atoms with Crippen LogP contribution >= 0.6 is 11.3 Å². The summed E-state index contributed by atoms with van der Waals surface area (Å²) in [7, 11) is 0. The molecule has 23 heavy (non-hydrogen) atoms. The number of nitrogens with one attached hydrogen (secondary N) is 2. The molecular weight excluding hydrogens is 312 g/mol. The molecule has 1 aliphatic rings. The Morgan fingerprint density at radius 1 is 1.35 bits per heavy atom. The van der Waals surface area contributed by atoms with Crippen LogP contribution in [-0.2, 0) is 16.0 Å². The van der Waals surface area contributed by atoms with E-state index in [0.717, 1.165) is 6.42 Å². The Hall–Kier alpha value is -2.34. The van der Waals surface area contributed by atoms with Crippen LogP contribution in [0, 0.1) is 13.8 Å². The summed E-state index contributed by atoms with van der Waals surface area (Å²) in [5, 5.41) is 5.59. The van der Waals surface area contributed by atoms with Gasteiger partial charge in [0.1, 0.15) is 5.75 Å². The minimum Gasteiger partial charge on any atom is -0.482 e. The van der Waals surface area contributed by atoms with Gasteiger partial charge in [-0.2, -0.15) is 0 Å². The summed E-state index contributed by atoms with van der Waals surface area (Å²) >= 11 is 1.76. The molecule has 2 heterocycles. The first-order chi connectivity index (χ1) is 11.0. The first-order valence-corrected chi connectivity index (χ1v) is 8.25. The zero-order valence-corrected chi connectivity index (χ0v) is 13.9. The Balaban J connectivity index is 1.60. The molecule has 120 valence electrons. The van der Waals surface area contributed by atoms with Gasteiger partial charge in [0, 0.05) is 27.9 Å². The van der Waals surface area contributed by atoms with Gasteiger partial charge in [0.25, 0.3) is 5.91 Å². The predicted molar refractivity (Wildman–Crippen MR) is 91.3 cm³/mol. The van der Waals surface area contributed by atoms with Gasteiger partial charge in [-0.3, -0.25) is 9.59 Å². The number of benzene rings is 1. The molecule has 6 heteroatoms. The van der Waals surface area contributed by atoms with E-state index in [9.17, 15) is 9.59 Å². The monoisotopic (exact) mass is 330 g/mol. The van der Waals surface area contributed by atoms with Crippen molar-refractivity contribution >= 4 is 34.5 Å². The Kier molecular flexibility index (Phi) is 4.34. The lowest BCUT2D eigenvalue weighted by Crippen LogP contribution is -2.25. The summed E-state index contributed by atoms with van der Waals surface area (Å²) in [5.74, 6) is 0.371. The topological polar surface area (TPSA) is 67.4 Å². The molecule has 5 nitrogen and oxygen atoms in total. The van der Waals surface area contributed by atoms with Gasteiger partial charge >= 0.3 is 0 Å². The van der Waals surface area contributed by atoms with E-state index < -0.39 is 0 Å². The molecule has 0 atom stereocenters. The van der Waals surface area contributed by atoms with Gasteiger partial charge in [0.15, 0.2) is 6.61 Å². The van der Waals surface area contributed by atoms with Gasteiger partial charge < -0.3 is 15.4 Å². The van der Waals surface area contributed by atoms with Crippen LogP contribution in [0.1, 0.15) is 21.7 Å². The SMILES string of the molecule is Cc1cc(CCC(=O)Nc2ccc3c(c2)OCC(=O)N3)c(C)s1. The van der Waals surface area contributed by atoms with Gasteiger partial charge in [-0.1, -0.05) is 0 Å². The predicted octanol–water partition coefficient (Wildman–Crippen LogP) is 3.27. The van der Waals surface area contributed by atoms with Gasteiger partial charge in [0.2, 0.25) is 5.91 Å². The highest BCUT2D eigenvalue weighted by molar-refractivity contribution is 7.12. The minimum atomic E-state index is -0.171. The van der Waals surface area contributed by atoms with Crippen molar-refractivity contribution in [1.82, 2.24) is 0 Å². The zero-order valence-electron chi connectivity index (χ0n) is 13.1. The highest BCUT2D eigenvalue weighted by atomic mass is 32.1. The molecule has 2 aromatic rings. The summed E-state index contributed by atoms with van der Waals surface area (Å²) in [6.07, 6.45) is 1.17. The van der Waals surface area contributed by atoms with Crippen molar-refractivity contribution in [2.45, 2.75) is 26.7 Å². The fraction of sp³-hybridized carbons (Fsp3) is 0.294. The van der Waals surface area contributed by atoms with Crippen molar-refractivity contribution in [1.29, 1.82) is 0 Å². The van der Waals surface area contributed by atoms with Gasteiger partial charge in [-0.25, -0.2) is 0 Å². The number of thiophene rings is 1. The lowest BCUT2D eigenvalue weighted by Gasteiger charge is -2.18. The Labute approximate surface area is 138 Å². The minimum absolute atomic E-state index is 0.00117. The zero-order chi connectivity index (χ0) is 16.4. The fourth-order valence-corrected chi connectivity index (χ4v) is 3.53. The van der Waals surface area contributed by atoms with E-state index >= 15 is 0 Å². The first-order valence-electron chi connectivity index (χ1n) is 7.44. The lowest BCUT2D eigenvalue weighted by atomic mass is 10.1. The van der Waals surface area contributed by atoms with Crippen LogP contribution in [0.4, 0.5) is 11.4 Å². The maximum absolute atomic E-state index is 12.1. The molecule has 0 unspecified atom stereocenters. The molecule has 0 aliphatic carbocycles. The van der Waals surface area contributed by atoms with Crippen LogP contribution in [0.5, 0.6) is 5.75 Å². The summed E-state index contributed by atoms with van der Waals surface area (Å²) in [4.78, 5) is 25.9. The number of rotatable bonds is 4. The van der Waals surface area contributed by atoms with Crippen molar-refractivity contribution in [2.24, 2.45) is 0 Å². The number of carbonyl (C=O) groups is 2. The highest BCUT2D eigenvalue weighted by Crippen LogP contribution is 2.30. The molecule has 1 aromatic heterocycles. The maximum atomic E-state index is 12.1. The van der Waals surface area contributed by atoms with Crippen molar-refractivity contribution < 1.29 is 14.3 Å². The third-order valence-corrected chi connectivity index (χ3v) is 4.67. The molecule has 1 aliphatic heterocycles.